The highest BCUT2D eigenvalue weighted by molar-refractivity contribution is 5.76. The zero-order chi connectivity index (χ0) is 10.1. The first-order valence-electron chi connectivity index (χ1n) is 5.14. The summed E-state index contributed by atoms with van der Waals surface area (Å²) in [5.41, 5.74) is 0. The lowest BCUT2D eigenvalue weighted by Crippen LogP contribution is -2.32. The average molecular weight is 187 g/mol. The smallest absolute Gasteiger partial charge is 0.222 e. The van der Waals surface area contributed by atoms with Crippen molar-refractivity contribution in [3.63, 3.8) is 0 Å². The van der Waals surface area contributed by atoms with Crippen molar-refractivity contribution < 1.29 is 9.90 Å². The average Bonchev–Trinajstić information content (AvgIpc) is 2.14. The lowest BCUT2D eigenvalue weighted by molar-refractivity contribution is -0.131. The fourth-order valence-electron chi connectivity index (χ4n) is 1.29. The maximum Gasteiger partial charge on any atom is 0.222 e. The number of rotatable bonds is 7. The summed E-state index contributed by atoms with van der Waals surface area (Å²) in [6.45, 7) is 5.94. The molecule has 0 aromatic carbocycles. The molecule has 0 saturated carbocycles. The van der Waals surface area contributed by atoms with E-state index in [1.807, 2.05) is 4.90 Å². The van der Waals surface area contributed by atoms with Crippen molar-refractivity contribution in [1.29, 1.82) is 0 Å². The molecule has 0 radical (unpaired) electrons. The molecular formula is C10H21NO2. The molecule has 0 aromatic rings. The highest BCUT2D eigenvalue weighted by Crippen LogP contribution is 2.00. The van der Waals surface area contributed by atoms with Crippen LogP contribution in [0.15, 0.2) is 0 Å². The topological polar surface area (TPSA) is 40.5 Å². The molecule has 0 heterocycles. The molecule has 1 N–H and O–H groups in total. The van der Waals surface area contributed by atoms with E-state index in [1.165, 1.54) is 0 Å². The summed E-state index contributed by atoms with van der Waals surface area (Å²) in [7, 11) is 0. The summed E-state index contributed by atoms with van der Waals surface area (Å²) < 4.78 is 0. The Kier molecular flexibility index (Phi) is 7.69. The molecule has 0 aliphatic rings. The van der Waals surface area contributed by atoms with Gasteiger partial charge in [-0.15, -0.1) is 0 Å². The van der Waals surface area contributed by atoms with Crippen molar-refractivity contribution in [2.45, 2.75) is 39.5 Å². The Bertz CT molecular complexity index is 131. The van der Waals surface area contributed by atoms with E-state index in [9.17, 15) is 4.79 Å². The van der Waals surface area contributed by atoms with E-state index in [4.69, 9.17) is 5.11 Å². The van der Waals surface area contributed by atoms with Gasteiger partial charge in [-0.3, -0.25) is 4.79 Å². The van der Waals surface area contributed by atoms with Crippen LogP contribution in [-0.2, 0) is 4.79 Å². The van der Waals surface area contributed by atoms with E-state index in [1.54, 1.807) is 0 Å². The quantitative estimate of drug-likeness (QED) is 0.654. The van der Waals surface area contributed by atoms with E-state index in [0.717, 1.165) is 25.9 Å². The molecule has 0 atom stereocenters. The van der Waals surface area contributed by atoms with E-state index < -0.39 is 0 Å². The number of carbonyl (C=O) groups excluding carboxylic acids is 1. The Morgan fingerprint density at radius 3 is 2.15 bits per heavy atom. The number of amides is 1. The van der Waals surface area contributed by atoms with Gasteiger partial charge < -0.3 is 10.0 Å². The number of aliphatic hydroxyl groups is 1. The highest BCUT2D eigenvalue weighted by atomic mass is 16.3. The second kappa shape index (κ2) is 8.05. The van der Waals surface area contributed by atoms with Gasteiger partial charge in [0.25, 0.3) is 0 Å². The molecule has 0 fully saturated rings. The number of nitrogens with zero attached hydrogens (tertiary/aromatic N) is 1. The van der Waals surface area contributed by atoms with Crippen LogP contribution >= 0.6 is 0 Å². The second-order valence-corrected chi connectivity index (χ2v) is 3.21. The van der Waals surface area contributed by atoms with Gasteiger partial charge in [0.15, 0.2) is 0 Å². The lowest BCUT2D eigenvalue weighted by Gasteiger charge is -2.21. The van der Waals surface area contributed by atoms with Crippen molar-refractivity contribution in [3.05, 3.63) is 0 Å². The van der Waals surface area contributed by atoms with Crippen LogP contribution in [0.25, 0.3) is 0 Å². The van der Waals surface area contributed by atoms with Gasteiger partial charge >= 0.3 is 0 Å². The normalized spacial score (nSPS) is 10.1. The maximum atomic E-state index is 11.5. The summed E-state index contributed by atoms with van der Waals surface area (Å²) in [6, 6.07) is 0. The van der Waals surface area contributed by atoms with Gasteiger partial charge in [-0.25, -0.2) is 0 Å². The molecule has 0 unspecified atom stereocenters. The Hall–Kier alpha value is -0.570. The van der Waals surface area contributed by atoms with Gasteiger partial charge in [0.1, 0.15) is 0 Å². The minimum Gasteiger partial charge on any atom is -0.396 e. The third-order valence-electron chi connectivity index (χ3n) is 1.89. The molecule has 0 rings (SSSR count). The summed E-state index contributed by atoms with van der Waals surface area (Å²) in [5, 5.41) is 8.59. The first kappa shape index (κ1) is 12.4. The van der Waals surface area contributed by atoms with Gasteiger partial charge in [0, 0.05) is 26.1 Å². The molecule has 3 heteroatoms. The van der Waals surface area contributed by atoms with Gasteiger partial charge in [0.2, 0.25) is 5.91 Å². The number of carbonyl (C=O) groups is 1. The van der Waals surface area contributed by atoms with E-state index in [0.29, 0.717) is 12.8 Å². The molecule has 13 heavy (non-hydrogen) atoms. The third-order valence-corrected chi connectivity index (χ3v) is 1.89. The summed E-state index contributed by atoms with van der Waals surface area (Å²) in [4.78, 5) is 13.4. The van der Waals surface area contributed by atoms with E-state index in [-0.39, 0.29) is 12.5 Å². The lowest BCUT2D eigenvalue weighted by atomic mass is 10.2. The van der Waals surface area contributed by atoms with Crippen molar-refractivity contribution >= 4 is 5.91 Å². The number of hydrogen-bond donors (Lipinski definition) is 1. The van der Waals surface area contributed by atoms with Crippen LogP contribution in [0.5, 0.6) is 0 Å². The molecule has 1 amide bonds. The van der Waals surface area contributed by atoms with Gasteiger partial charge in [-0.05, 0) is 19.3 Å². The first-order valence-corrected chi connectivity index (χ1v) is 5.14. The standard InChI is InChI=1S/C10H21NO2/c1-3-7-11(8-4-2)10(13)6-5-9-12/h12H,3-9H2,1-2H3. The van der Waals surface area contributed by atoms with Crippen molar-refractivity contribution in [2.75, 3.05) is 19.7 Å². The third kappa shape index (κ3) is 5.64. The minimum absolute atomic E-state index is 0.109. The van der Waals surface area contributed by atoms with Crippen molar-refractivity contribution in [1.82, 2.24) is 4.90 Å². The van der Waals surface area contributed by atoms with Gasteiger partial charge in [0.05, 0.1) is 0 Å². The maximum absolute atomic E-state index is 11.5. The second-order valence-electron chi connectivity index (χ2n) is 3.21. The van der Waals surface area contributed by atoms with Gasteiger partial charge in [-0.2, -0.15) is 0 Å². The molecule has 0 aromatic heterocycles. The first-order chi connectivity index (χ1) is 6.26. The zero-order valence-electron chi connectivity index (χ0n) is 8.75. The molecule has 0 spiro atoms. The summed E-state index contributed by atoms with van der Waals surface area (Å²) >= 11 is 0. The zero-order valence-corrected chi connectivity index (χ0v) is 8.75. The molecule has 0 bridgehead atoms. The SMILES string of the molecule is CCCN(CCC)C(=O)CCCO. The van der Waals surface area contributed by atoms with Crippen LogP contribution in [0, 0.1) is 0 Å². The molecule has 0 aliphatic carbocycles. The molecular weight excluding hydrogens is 166 g/mol. The molecule has 0 aliphatic heterocycles. The van der Waals surface area contributed by atoms with Crippen LogP contribution in [0.4, 0.5) is 0 Å². The number of aliphatic hydroxyl groups excluding tert-OH is 1. The predicted octanol–water partition coefficient (Wildman–Crippen LogP) is 1.41. The van der Waals surface area contributed by atoms with Crippen LogP contribution in [0.3, 0.4) is 0 Å². The van der Waals surface area contributed by atoms with Crippen molar-refractivity contribution in [3.8, 4) is 0 Å². The fraction of sp³-hybridized carbons (Fsp3) is 0.900. The van der Waals surface area contributed by atoms with Crippen LogP contribution in [0.1, 0.15) is 39.5 Å². The fourth-order valence-corrected chi connectivity index (χ4v) is 1.29. The predicted molar refractivity (Wildman–Crippen MR) is 53.5 cm³/mol. The van der Waals surface area contributed by atoms with Gasteiger partial charge in [-0.1, -0.05) is 13.8 Å². The van der Waals surface area contributed by atoms with Crippen LogP contribution in [-0.4, -0.2) is 35.6 Å². The Balaban J connectivity index is 3.80. The molecule has 0 saturated heterocycles. The number of hydrogen-bond acceptors (Lipinski definition) is 2. The Morgan fingerprint density at radius 1 is 1.23 bits per heavy atom. The van der Waals surface area contributed by atoms with Crippen LogP contribution in [0.2, 0.25) is 0 Å². The summed E-state index contributed by atoms with van der Waals surface area (Å²) in [6.07, 6.45) is 3.08. The minimum atomic E-state index is 0.109. The monoisotopic (exact) mass is 187 g/mol. The largest absolute Gasteiger partial charge is 0.396 e. The molecule has 3 nitrogen and oxygen atoms in total. The summed E-state index contributed by atoms with van der Waals surface area (Å²) in [5.74, 6) is 0.178. The van der Waals surface area contributed by atoms with E-state index in [2.05, 4.69) is 13.8 Å². The Labute approximate surface area is 80.7 Å². The van der Waals surface area contributed by atoms with Crippen molar-refractivity contribution in [2.24, 2.45) is 0 Å². The Morgan fingerprint density at radius 2 is 1.77 bits per heavy atom. The van der Waals surface area contributed by atoms with Crippen LogP contribution < -0.4 is 0 Å². The molecule has 78 valence electrons. The highest BCUT2D eigenvalue weighted by Gasteiger charge is 2.10. The van der Waals surface area contributed by atoms with E-state index >= 15 is 0 Å².